The van der Waals surface area contributed by atoms with Gasteiger partial charge in [0.2, 0.25) is 0 Å². The molecule has 0 radical (unpaired) electrons. The van der Waals surface area contributed by atoms with Gasteiger partial charge in [-0.25, -0.2) is 4.98 Å². The van der Waals surface area contributed by atoms with Gasteiger partial charge in [0, 0.05) is 19.4 Å². The van der Waals surface area contributed by atoms with Crippen LogP contribution in [0.15, 0.2) is 67.0 Å². The van der Waals surface area contributed by atoms with Gasteiger partial charge in [-0.3, -0.25) is 0 Å². The van der Waals surface area contributed by atoms with Crippen LogP contribution in [0.4, 0.5) is 0 Å². The van der Waals surface area contributed by atoms with Crippen LogP contribution >= 0.6 is 0 Å². The zero-order chi connectivity index (χ0) is 14.9. The third-order valence-electron chi connectivity index (χ3n) is 3.81. The molecule has 1 atom stereocenters. The van der Waals surface area contributed by atoms with E-state index in [2.05, 4.69) is 4.98 Å². The van der Waals surface area contributed by atoms with E-state index < -0.39 is 5.60 Å². The molecule has 3 rings (SSSR count). The smallest absolute Gasteiger partial charge is 0.173 e. The molecule has 3 aromatic rings. The third-order valence-corrected chi connectivity index (χ3v) is 3.81. The van der Waals surface area contributed by atoms with Crippen LogP contribution in [0.25, 0.3) is 0 Å². The van der Waals surface area contributed by atoms with Crippen molar-refractivity contribution in [2.24, 2.45) is 7.05 Å². The van der Waals surface area contributed by atoms with Gasteiger partial charge >= 0.3 is 0 Å². The summed E-state index contributed by atoms with van der Waals surface area (Å²) in [7, 11) is 1.89. The third kappa shape index (κ3) is 2.26. The summed E-state index contributed by atoms with van der Waals surface area (Å²) in [6, 6.07) is 17.6. The van der Waals surface area contributed by atoms with Crippen molar-refractivity contribution in [3.05, 3.63) is 89.5 Å². The number of rotatable bonds is 3. The van der Waals surface area contributed by atoms with Gasteiger partial charge in [-0.1, -0.05) is 60.2 Å². The fourth-order valence-corrected chi connectivity index (χ4v) is 2.61. The number of hydrogen-bond donors (Lipinski definition) is 1. The van der Waals surface area contributed by atoms with Crippen molar-refractivity contribution in [3.8, 4) is 0 Å². The molecule has 0 bridgehead atoms. The highest BCUT2D eigenvalue weighted by Gasteiger charge is 2.37. The number of imidazole rings is 1. The van der Waals surface area contributed by atoms with E-state index in [1.165, 1.54) is 0 Å². The van der Waals surface area contributed by atoms with Crippen molar-refractivity contribution in [2.75, 3.05) is 0 Å². The first kappa shape index (κ1) is 13.6. The highest BCUT2D eigenvalue weighted by atomic mass is 16.3. The van der Waals surface area contributed by atoms with E-state index in [1.54, 1.807) is 6.20 Å². The number of benzene rings is 2. The number of aryl methyl sites for hydroxylation is 2. The van der Waals surface area contributed by atoms with Crippen LogP contribution in [-0.2, 0) is 12.6 Å². The van der Waals surface area contributed by atoms with Gasteiger partial charge in [-0.15, -0.1) is 0 Å². The lowest BCUT2D eigenvalue weighted by molar-refractivity contribution is 0.112. The lowest BCUT2D eigenvalue weighted by Crippen LogP contribution is -2.32. The molecule has 0 saturated heterocycles. The van der Waals surface area contributed by atoms with E-state index in [1.807, 2.05) is 79.3 Å². The highest BCUT2D eigenvalue weighted by Crippen LogP contribution is 2.35. The number of nitrogens with zero attached hydrogens (tertiary/aromatic N) is 2. The molecular formula is C18H18N2O. The summed E-state index contributed by atoms with van der Waals surface area (Å²) in [5.41, 5.74) is 1.53. The summed E-state index contributed by atoms with van der Waals surface area (Å²) in [6.45, 7) is 2.03. The second kappa shape index (κ2) is 5.19. The first-order chi connectivity index (χ1) is 10.1. The average Bonchev–Trinajstić information content (AvgIpc) is 2.95. The molecule has 0 fully saturated rings. The lowest BCUT2D eigenvalue weighted by atomic mass is 9.85. The van der Waals surface area contributed by atoms with Crippen LogP contribution < -0.4 is 0 Å². The van der Waals surface area contributed by atoms with Crippen molar-refractivity contribution in [2.45, 2.75) is 12.5 Å². The number of hydrogen-bond acceptors (Lipinski definition) is 2. The second-order valence-corrected chi connectivity index (χ2v) is 5.30. The molecule has 0 aliphatic heterocycles. The van der Waals surface area contributed by atoms with Crippen molar-refractivity contribution in [1.29, 1.82) is 0 Å². The van der Waals surface area contributed by atoms with E-state index in [-0.39, 0.29) is 0 Å². The molecule has 3 nitrogen and oxygen atoms in total. The fraction of sp³-hybridized carbons (Fsp3) is 0.167. The average molecular weight is 278 g/mol. The molecule has 1 unspecified atom stereocenters. The summed E-state index contributed by atoms with van der Waals surface area (Å²) in [6.07, 6.45) is 3.55. The Balaban J connectivity index is 2.25. The molecule has 3 heteroatoms. The van der Waals surface area contributed by atoms with E-state index in [0.717, 1.165) is 16.7 Å². The molecule has 2 aromatic carbocycles. The maximum atomic E-state index is 11.5. The van der Waals surface area contributed by atoms with Gasteiger partial charge in [0.05, 0.1) is 0 Å². The fourth-order valence-electron chi connectivity index (χ4n) is 2.61. The summed E-state index contributed by atoms with van der Waals surface area (Å²) in [5, 5.41) is 11.5. The Morgan fingerprint density at radius 1 is 0.952 bits per heavy atom. The molecule has 0 aliphatic carbocycles. The van der Waals surface area contributed by atoms with Crippen molar-refractivity contribution in [3.63, 3.8) is 0 Å². The molecule has 21 heavy (non-hydrogen) atoms. The van der Waals surface area contributed by atoms with Crippen LogP contribution in [0.5, 0.6) is 0 Å². The van der Waals surface area contributed by atoms with Gasteiger partial charge in [-0.05, 0) is 18.1 Å². The van der Waals surface area contributed by atoms with E-state index in [4.69, 9.17) is 0 Å². The topological polar surface area (TPSA) is 38.1 Å². The first-order valence-electron chi connectivity index (χ1n) is 6.95. The van der Waals surface area contributed by atoms with E-state index >= 15 is 0 Å². The number of aliphatic hydroxyl groups is 1. The van der Waals surface area contributed by atoms with Gasteiger partial charge < -0.3 is 9.67 Å². The minimum absolute atomic E-state index is 0.609. The van der Waals surface area contributed by atoms with Crippen LogP contribution in [0.1, 0.15) is 22.5 Å². The van der Waals surface area contributed by atoms with Crippen molar-refractivity contribution < 1.29 is 5.11 Å². The summed E-state index contributed by atoms with van der Waals surface area (Å²) < 4.78 is 1.85. The largest absolute Gasteiger partial charge is 0.373 e. The van der Waals surface area contributed by atoms with Crippen LogP contribution in [0, 0.1) is 6.92 Å². The van der Waals surface area contributed by atoms with Gasteiger partial charge in [0.15, 0.2) is 5.60 Å². The van der Waals surface area contributed by atoms with Crippen LogP contribution in [0.2, 0.25) is 0 Å². The van der Waals surface area contributed by atoms with Gasteiger partial charge in [-0.2, -0.15) is 0 Å². The number of aromatic nitrogens is 2. The molecule has 0 aliphatic rings. The highest BCUT2D eigenvalue weighted by molar-refractivity contribution is 5.43. The molecule has 1 N–H and O–H groups in total. The predicted molar refractivity (Wildman–Crippen MR) is 82.9 cm³/mol. The minimum Gasteiger partial charge on any atom is -0.373 e. The Hall–Kier alpha value is -2.39. The predicted octanol–water partition coefficient (Wildman–Crippen LogP) is 3.01. The summed E-state index contributed by atoms with van der Waals surface area (Å²) in [5.74, 6) is 0.609. The minimum atomic E-state index is -1.26. The normalized spacial score (nSPS) is 13.9. The first-order valence-corrected chi connectivity index (χ1v) is 6.95. The van der Waals surface area contributed by atoms with Gasteiger partial charge in [0.1, 0.15) is 5.82 Å². The Morgan fingerprint density at radius 2 is 1.57 bits per heavy atom. The molecular weight excluding hydrogens is 260 g/mol. The molecule has 0 amide bonds. The summed E-state index contributed by atoms with van der Waals surface area (Å²) in [4.78, 5) is 4.38. The maximum Gasteiger partial charge on any atom is 0.173 e. The standard InChI is InChI=1S/C18H18N2O/c1-14-8-10-16(11-9-14)18(21,15-6-4-3-5-7-15)17-19-12-13-20(17)2/h3-13,21H,1-2H3. The van der Waals surface area contributed by atoms with Crippen LogP contribution in [0.3, 0.4) is 0 Å². The Bertz CT molecular complexity index is 731. The van der Waals surface area contributed by atoms with E-state index in [9.17, 15) is 5.11 Å². The SMILES string of the molecule is Cc1ccc(C(O)(c2ccccc2)c2nccn2C)cc1. The van der Waals surface area contributed by atoms with Gasteiger partial charge in [0.25, 0.3) is 0 Å². The zero-order valence-corrected chi connectivity index (χ0v) is 12.2. The zero-order valence-electron chi connectivity index (χ0n) is 12.2. The monoisotopic (exact) mass is 278 g/mol. The molecule has 0 saturated carbocycles. The lowest BCUT2D eigenvalue weighted by Gasteiger charge is -2.29. The Labute approximate surface area is 124 Å². The molecule has 106 valence electrons. The van der Waals surface area contributed by atoms with Crippen molar-refractivity contribution in [1.82, 2.24) is 9.55 Å². The molecule has 1 aromatic heterocycles. The van der Waals surface area contributed by atoms with Crippen LogP contribution in [-0.4, -0.2) is 14.7 Å². The van der Waals surface area contributed by atoms with E-state index in [0.29, 0.717) is 5.82 Å². The Kier molecular flexibility index (Phi) is 3.35. The Morgan fingerprint density at radius 3 is 2.14 bits per heavy atom. The maximum absolute atomic E-state index is 11.5. The molecule has 1 heterocycles. The van der Waals surface area contributed by atoms with Crippen molar-refractivity contribution >= 4 is 0 Å². The molecule has 0 spiro atoms. The quantitative estimate of drug-likeness (QED) is 0.799. The summed E-state index contributed by atoms with van der Waals surface area (Å²) >= 11 is 0. The second-order valence-electron chi connectivity index (χ2n) is 5.30.